The number of rotatable bonds is 4. The smallest absolute Gasteiger partial charge is 0.104 e. The molecule has 19 heavy (non-hydrogen) atoms. The Balaban J connectivity index is 2.20. The van der Waals surface area contributed by atoms with E-state index in [1.165, 1.54) is 0 Å². The zero-order valence-electron chi connectivity index (χ0n) is 10.5. The first kappa shape index (κ1) is 13.8. The lowest BCUT2D eigenvalue weighted by Gasteiger charge is -2.20. The Morgan fingerprint density at radius 2 is 2.21 bits per heavy atom. The van der Waals surface area contributed by atoms with Crippen molar-refractivity contribution in [1.82, 2.24) is 4.98 Å². The predicted octanol–water partition coefficient (Wildman–Crippen LogP) is 3.01. The summed E-state index contributed by atoms with van der Waals surface area (Å²) in [6.45, 7) is 0.697. The molecule has 0 aliphatic heterocycles. The van der Waals surface area contributed by atoms with E-state index in [-0.39, 0.29) is 0 Å². The van der Waals surface area contributed by atoms with Gasteiger partial charge >= 0.3 is 0 Å². The number of thiocarbonyl (C=S) groups is 1. The molecular weight excluding hydrogens is 278 g/mol. The number of nitrogens with zero attached hydrogens (tertiary/aromatic N) is 2. The monoisotopic (exact) mass is 291 g/mol. The summed E-state index contributed by atoms with van der Waals surface area (Å²) in [6, 6.07) is 9.73. The molecule has 3 nitrogen and oxygen atoms in total. The van der Waals surface area contributed by atoms with E-state index in [0.29, 0.717) is 16.6 Å². The van der Waals surface area contributed by atoms with Crippen molar-refractivity contribution in [3.63, 3.8) is 0 Å². The maximum absolute atomic E-state index is 6.11. The minimum atomic E-state index is 0.400. The van der Waals surface area contributed by atoms with Gasteiger partial charge in [-0.05, 0) is 23.8 Å². The van der Waals surface area contributed by atoms with Crippen LogP contribution < -0.4 is 10.6 Å². The van der Waals surface area contributed by atoms with E-state index in [1.54, 1.807) is 12.4 Å². The number of nitrogens with two attached hydrogens (primary N) is 1. The highest BCUT2D eigenvalue weighted by Gasteiger charge is 2.06. The largest absolute Gasteiger partial charge is 0.389 e. The Morgan fingerprint density at radius 1 is 1.42 bits per heavy atom. The van der Waals surface area contributed by atoms with Crippen LogP contribution in [0.5, 0.6) is 0 Å². The molecule has 0 radical (unpaired) electrons. The van der Waals surface area contributed by atoms with Crippen LogP contribution in [0.3, 0.4) is 0 Å². The summed E-state index contributed by atoms with van der Waals surface area (Å²) in [4.78, 5) is 6.46. The number of aromatic nitrogens is 1. The Labute approximate surface area is 123 Å². The fourth-order valence-electron chi connectivity index (χ4n) is 1.78. The maximum Gasteiger partial charge on any atom is 0.104 e. The van der Waals surface area contributed by atoms with Crippen LogP contribution >= 0.6 is 23.8 Å². The third kappa shape index (κ3) is 3.43. The van der Waals surface area contributed by atoms with Gasteiger partial charge in [-0.25, -0.2) is 0 Å². The summed E-state index contributed by atoms with van der Waals surface area (Å²) in [5.74, 6) is 0. The van der Waals surface area contributed by atoms with E-state index < -0.39 is 0 Å². The Hall–Kier alpha value is -1.65. The second-order valence-electron chi connectivity index (χ2n) is 4.24. The maximum atomic E-state index is 6.11. The average molecular weight is 292 g/mol. The Bertz CT molecular complexity index is 601. The van der Waals surface area contributed by atoms with Crippen molar-refractivity contribution in [3.8, 4) is 0 Å². The third-order valence-electron chi connectivity index (χ3n) is 2.84. The number of hydrogen-bond donors (Lipinski definition) is 1. The van der Waals surface area contributed by atoms with Crippen LogP contribution in [-0.2, 0) is 6.54 Å². The van der Waals surface area contributed by atoms with E-state index in [0.717, 1.165) is 16.8 Å². The summed E-state index contributed by atoms with van der Waals surface area (Å²) in [7, 11) is 2.00. The van der Waals surface area contributed by atoms with E-state index in [2.05, 4.69) is 9.88 Å². The lowest BCUT2D eigenvalue weighted by molar-refractivity contribution is 0.919. The summed E-state index contributed by atoms with van der Waals surface area (Å²) in [5.41, 5.74) is 8.57. The minimum absolute atomic E-state index is 0.400. The molecule has 0 aliphatic rings. The molecule has 0 fully saturated rings. The van der Waals surface area contributed by atoms with Crippen molar-refractivity contribution in [3.05, 3.63) is 58.9 Å². The molecule has 0 saturated heterocycles. The highest BCUT2D eigenvalue weighted by Crippen LogP contribution is 2.20. The molecule has 0 bridgehead atoms. The molecule has 1 aromatic carbocycles. The Kier molecular flexibility index (Phi) is 4.35. The summed E-state index contributed by atoms with van der Waals surface area (Å²) in [5, 5.41) is 0.667. The SMILES string of the molecule is CN(Cc1ccncc1Cl)c1cccc(C(N)=S)c1. The molecule has 98 valence electrons. The molecule has 0 unspecified atom stereocenters. The van der Waals surface area contributed by atoms with Crippen molar-refractivity contribution in [1.29, 1.82) is 0 Å². The molecular formula is C14H14ClN3S. The van der Waals surface area contributed by atoms with E-state index in [9.17, 15) is 0 Å². The zero-order valence-corrected chi connectivity index (χ0v) is 12.1. The highest BCUT2D eigenvalue weighted by molar-refractivity contribution is 7.80. The molecule has 5 heteroatoms. The van der Waals surface area contributed by atoms with Crippen LogP contribution in [0.25, 0.3) is 0 Å². The van der Waals surface area contributed by atoms with Gasteiger partial charge in [0.1, 0.15) is 4.99 Å². The lowest BCUT2D eigenvalue weighted by Crippen LogP contribution is -2.18. The molecule has 2 rings (SSSR count). The summed E-state index contributed by atoms with van der Waals surface area (Å²) >= 11 is 11.1. The molecule has 0 saturated carbocycles. The molecule has 2 aromatic rings. The van der Waals surface area contributed by atoms with Gasteiger partial charge in [-0.15, -0.1) is 0 Å². The van der Waals surface area contributed by atoms with Gasteiger partial charge in [0.05, 0.1) is 5.02 Å². The minimum Gasteiger partial charge on any atom is -0.389 e. The van der Waals surface area contributed by atoms with Gasteiger partial charge in [-0.2, -0.15) is 0 Å². The molecule has 0 aliphatic carbocycles. The van der Waals surface area contributed by atoms with Gasteiger partial charge in [0.25, 0.3) is 0 Å². The van der Waals surface area contributed by atoms with Crippen molar-refractivity contribution in [2.75, 3.05) is 11.9 Å². The summed E-state index contributed by atoms with van der Waals surface area (Å²) < 4.78 is 0. The third-order valence-corrected chi connectivity index (χ3v) is 3.41. The second-order valence-corrected chi connectivity index (χ2v) is 5.08. The number of benzene rings is 1. The zero-order chi connectivity index (χ0) is 13.8. The van der Waals surface area contributed by atoms with E-state index in [1.807, 2.05) is 37.4 Å². The first-order chi connectivity index (χ1) is 9.08. The first-order valence-corrected chi connectivity index (χ1v) is 6.56. The van der Waals surface area contributed by atoms with Gasteiger partial charge in [-0.1, -0.05) is 36.0 Å². The lowest BCUT2D eigenvalue weighted by atomic mass is 10.1. The molecule has 0 spiro atoms. The Morgan fingerprint density at radius 3 is 2.89 bits per heavy atom. The average Bonchev–Trinajstić information content (AvgIpc) is 2.41. The fourth-order valence-corrected chi connectivity index (χ4v) is 2.08. The summed E-state index contributed by atoms with van der Waals surface area (Å²) in [6.07, 6.45) is 3.39. The van der Waals surface area contributed by atoms with Gasteiger partial charge in [-0.3, -0.25) is 4.98 Å². The van der Waals surface area contributed by atoms with E-state index in [4.69, 9.17) is 29.6 Å². The van der Waals surface area contributed by atoms with Crippen molar-refractivity contribution < 1.29 is 0 Å². The van der Waals surface area contributed by atoms with Gasteiger partial charge in [0.2, 0.25) is 0 Å². The van der Waals surface area contributed by atoms with Crippen molar-refractivity contribution in [2.45, 2.75) is 6.54 Å². The molecule has 1 aromatic heterocycles. The van der Waals surface area contributed by atoms with Crippen LogP contribution in [0.4, 0.5) is 5.69 Å². The van der Waals surface area contributed by atoms with Gasteiger partial charge in [0, 0.05) is 37.2 Å². The molecule has 1 heterocycles. The number of hydrogen-bond acceptors (Lipinski definition) is 3. The quantitative estimate of drug-likeness (QED) is 0.880. The first-order valence-electron chi connectivity index (χ1n) is 5.77. The van der Waals surface area contributed by atoms with Crippen LogP contribution in [0.15, 0.2) is 42.7 Å². The molecule has 0 atom stereocenters. The molecule has 2 N–H and O–H groups in total. The van der Waals surface area contributed by atoms with Crippen LogP contribution in [0.2, 0.25) is 5.02 Å². The normalized spacial score (nSPS) is 10.2. The topological polar surface area (TPSA) is 42.2 Å². The highest BCUT2D eigenvalue weighted by atomic mass is 35.5. The van der Waals surface area contributed by atoms with Crippen LogP contribution in [0, 0.1) is 0 Å². The van der Waals surface area contributed by atoms with Gasteiger partial charge in [0.15, 0.2) is 0 Å². The number of anilines is 1. The fraction of sp³-hybridized carbons (Fsp3) is 0.143. The second kappa shape index (κ2) is 5.99. The van der Waals surface area contributed by atoms with E-state index >= 15 is 0 Å². The van der Waals surface area contributed by atoms with Crippen LogP contribution in [0.1, 0.15) is 11.1 Å². The standard InChI is InChI=1S/C14H14ClN3S/c1-18(9-11-5-6-17-8-13(11)15)12-4-2-3-10(7-12)14(16)19/h2-8H,9H2,1H3,(H2,16,19). The van der Waals surface area contributed by atoms with Crippen molar-refractivity contribution in [2.24, 2.45) is 5.73 Å². The number of halogens is 1. The van der Waals surface area contributed by atoms with Crippen LogP contribution in [-0.4, -0.2) is 17.0 Å². The van der Waals surface area contributed by atoms with Gasteiger partial charge < -0.3 is 10.6 Å². The number of pyridine rings is 1. The van der Waals surface area contributed by atoms with Crippen molar-refractivity contribution >= 4 is 34.5 Å². The predicted molar refractivity (Wildman–Crippen MR) is 83.7 cm³/mol. The molecule has 0 amide bonds.